The van der Waals surface area contributed by atoms with E-state index < -0.39 is 0 Å². The molecular weight excluding hydrogens is 168 g/mol. The number of ether oxygens (including phenoxy) is 2. The van der Waals surface area contributed by atoms with Gasteiger partial charge in [0.15, 0.2) is 0 Å². The molecule has 1 fully saturated rings. The molecule has 0 heterocycles. The summed E-state index contributed by atoms with van der Waals surface area (Å²) in [5.41, 5.74) is 0. The van der Waals surface area contributed by atoms with Crippen molar-refractivity contribution in [1.29, 1.82) is 0 Å². The number of aliphatic hydroxyl groups excluding tert-OH is 1. The van der Waals surface area contributed by atoms with Crippen molar-refractivity contribution in [1.82, 2.24) is 0 Å². The predicted octanol–water partition coefficient (Wildman–Crippen LogP) is 1.34. The molecule has 1 aliphatic rings. The van der Waals surface area contributed by atoms with Gasteiger partial charge in [0.05, 0.1) is 12.2 Å². The van der Waals surface area contributed by atoms with Crippen molar-refractivity contribution >= 4 is 0 Å². The molecule has 0 saturated heterocycles. The minimum atomic E-state index is -0.0844. The summed E-state index contributed by atoms with van der Waals surface area (Å²) < 4.78 is 10.6. The Morgan fingerprint density at radius 2 is 1.85 bits per heavy atom. The SMILES string of the molecule is COCCCOC1CCC(O)CC1. The minimum Gasteiger partial charge on any atom is -0.393 e. The summed E-state index contributed by atoms with van der Waals surface area (Å²) in [6.45, 7) is 1.56. The molecule has 0 amide bonds. The van der Waals surface area contributed by atoms with Crippen LogP contribution in [-0.4, -0.2) is 37.6 Å². The Balaban J connectivity index is 1.96. The first-order valence-corrected chi connectivity index (χ1v) is 5.11. The molecule has 0 atom stereocenters. The van der Waals surface area contributed by atoms with E-state index in [0.717, 1.165) is 45.3 Å². The molecule has 13 heavy (non-hydrogen) atoms. The summed E-state index contributed by atoms with van der Waals surface area (Å²) in [4.78, 5) is 0. The van der Waals surface area contributed by atoms with Crippen molar-refractivity contribution in [3.63, 3.8) is 0 Å². The average Bonchev–Trinajstić information content (AvgIpc) is 2.15. The van der Waals surface area contributed by atoms with Crippen LogP contribution < -0.4 is 0 Å². The molecule has 78 valence electrons. The van der Waals surface area contributed by atoms with Crippen molar-refractivity contribution in [3.05, 3.63) is 0 Å². The first kappa shape index (κ1) is 11.0. The van der Waals surface area contributed by atoms with Gasteiger partial charge in [-0.1, -0.05) is 0 Å². The summed E-state index contributed by atoms with van der Waals surface area (Å²) >= 11 is 0. The van der Waals surface area contributed by atoms with Crippen molar-refractivity contribution < 1.29 is 14.6 Å². The topological polar surface area (TPSA) is 38.7 Å². The molecule has 3 heteroatoms. The molecule has 1 saturated carbocycles. The highest BCUT2D eigenvalue weighted by Crippen LogP contribution is 2.20. The van der Waals surface area contributed by atoms with E-state index in [4.69, 9.17) is 9.47 Å². The maximum absolute atomic E-state index is 9.26. The fraction of sp³-hybridized carbons (Fsp3) is 1.00. The zero-order valence-electron chi connectivity index (χ0n) is 8.37. The van der Waals surface area contributed by atoms with E-state index in [-0.39, 0.29) is 6.10 Å². The van der Waals surface area contributed by atoms with Gasteiger partial charge in [-0.15, -0.1) is 0 Å². The summed E-state index contributed by atoms with van der Waals surface area (Å²) in [7, 11) is 1.71. The normalized spacial score (nSPS) is 29.1. The van der Waals surface area contributed by atoms with Gasteiger partial charge in [-0.2, -0.15) is 0 Å². The number of hydrogen-bond donors (Lipinski definition) is 1. The predicted molar refractivity (Wildman–Crippen MR) is 50.7 cm³/mol. The third kappa shape index (κ3) is 4.60. The third-order valence-corrected chi connectivity index (χ3v) is 2.49. The summed E-state index contributed by atoms with van der Waals surface area (Å²) in [6.07, 6.45) is 5.07. The van der Waals surface area contributed by atoms with Gasteiger partial charge in [-0.05, 0) is 32.1 Å². The van der Waals surface area contributed by atoms with E-state index in [0.29, 0.717) is 6.10 Å². The smallest absolute Gasteiger partial charge is 0.0577 e. The highest BCUT2D eigenvalue weighted by atomic mass is 16.5. The molecule has 0 bridgehead atoms. The monoisotopic (exact) mass is 188 g/mol. The molecule has 1 aliphatic carbocycles. The van der Waals surface area contributed by atoms with Crippen molar-refractivity contribution in [2.75, 3.05) is 20.3 Å². The lowest BCUT2D eigenvalue weighted by Crippen LogP contribution is -2.24. The second-order valence-corrected chi connectivity index (χ2v) is 3.65. The highest BCUT2D eigenvalue weighted by Gasteiger charge is 2.19. The third-order valence-electron chi connectivity index (χ3n) is 2.49. The van der Waals surface area contributed by atoms with E-state index in [1.165, 1.54) is 0 Å². The highest BCUT2D eigenvalue weighted by molar-refractivity contribution is 4.71. The Kier molecular flexibility index (Phi) is 5.35. The molecule has 0 aliphatic heterocycles. The second kappa shape index (κ2) is 6.35. The Morgan fingerprint density at radius 3 is 2.46 bits per heavy atom. The lowest BCUT2D eigenvalue weighted by atomic mass is 9.95. The van der Waals surface area contributed by atoms with Gasteiger partial charge in [0.25, 0.3) is 0 Å². The van der Waals surface area contributed by atoms with Crippen molar-refractivity contribution in [2.45, 2.75) is 44.3 Å². The van der Waals surface area contributed by atoms with Crippen LogP contribution >= 0.6 is 0 Å². The Bertz CT molecular complexity index is 119. The van der Waals surface area contributed by atoms with Crippen LogP contribution in [0.3, 0.4) is 0 Å². The van der Waals surface area contributed by atoms with Gasteiger partial charge < -0.3 is 14.6 Å². The first-order valence-electron chi connectivity index (χ1n) is 5.11. The molecule has 0 spiro atoms. The van der Waals surface area contributed by atoms with Gasteiger partial charge in [-0.3, -0.25) is 0 Å². The zero-order chi connectivity index (χ0) is 9.52. The summed E-state index contributed by atoms with van der Waals surface area (Å²) in [6, 6.07) is 0. The van der Waals surface area contributed by atoms with Crippen molar-refractivity contribution in [3.8, 4) is 0 Å². The number of aliphatic hydroxyl groups is 1. The van der Waals surface area contributed by atoms with Crippen LogP contribution in [0, 0.1) is 0 Å². The second-order valence-electron chi connectivity index (χ2n) is 3.65. The Labute approximate surface area is 80.0 Å². The first-order chi connectivity index (χ1) is 6.33. The molecule has 1 N–H and O–H groups in total. The molecule has 0 aromatic carbocycles. The Hall–Kier alpha value is -0.120. The van der Waals surface area contributed by atoms with E-state index in [1.807, 2.05) is 0 Å². The van der Waals surface area contributed by atoms with Crippen LogP contribution in [0.4, 0.5) is 0 Å². The molecule has 0 unspecified atom stereocenters. The quantitative estimate of drug-likeness (QED) is 0.662. The van der Waals surface area contributed by atoms with Crippen LogP contribution in [-0.2, 0) is 9.47 Å². The minimum absolute atomic E-state index is 0.0844. The van der Waals surface area contributed by atoms with Crippen LogP contribution in [0.2, 0.25) is 0 Å². The molecule has 3 nitrogen and oxygen atoms in total. The van der Waals surface area contributed by atoms with Gasteiger partial charge in [-0.25, -0.2) is 0 Å². The van der Waals surface area contributed by atoms with Crippen LogP contribution in [0.15, 0.2) is 0 Å². The number of hydrogen-bond acceptors (Lipinski definition) is 3. The van der Waals surface area contributed by atoms with Crippen LogP contribution in [0.25, 0.3) is 0 Å². The lowest BCUT2D eigenvalue weighted by molar-refractivity contribution is -0.00913. The Morgan fingerprint density at radius 1 is 1.15 bits per heavy atom. The molecule has 1 rings (SSSR count). The van der Waals surface area contributed by atoms with E-state index in [1.54, 1.807) is 7.11 Å². The number of methoxy groups -OCH3 is 1. The van der Waals surface area contributed by atoms with E-state index >= 15 is 0 Å². The van der Waals surface area contributed by atoms with E-state index in [2.05, 4.69) is 0 Å². The van der Waals surface area contributed by atoms with Gasteiger partial charge in [0, 0.05) is 20.3 Å². The fourth-order valence-corrected chi connectivity index (χ4v) is 1.67. The largest absolute Gasteiger partial charge is 0.393 e. The van der Waals surface area contributed by atoms with E-state index in [9.17, 15) is 5.11 Å². The van der Waals surface area contributed by atoms with Gasteiger partial charge in [0.1, 0.15) is 0 Å². The average molecular weight is 188 g/mol. The number of rotatable bonds is 5. The summed E-state index contributed by atoms with van der Waals surface area (Å²) in [5, 5.41) is 9.26. The standard InChI is InChI=1S/C10H20O3/c1-12-7-2-8-13-10-5-3-9(11)4-6-10/h9-11H,2-8H2,1H3. The lowest BCUT2D eigenvalue weighted by Gasteiger charge is -2.25. The molecule has 0 aromatic rings. The van der Waals surface area contributed by atoms with Crippen LogP contribution in [0.5, 0.6) is 0 Å². The van der Waals surface area contributed by atoms with Gasteiger partial charge in [0.2, 0.25) is 0 Å². The summed E-state index contributed by atoms with van der Waals surface area (Å²) in [5.74, 6) is 0. The fourth-order valence-electron chi connectivity index (χ4n) is 1.67. The molecule has 0 aromatic heterocycles. The van der Waals surface area contributed by atoms with Crippen molar-refractivity contribution in [2.24, 2.45) is 0 Å². The zero-order valence-corrected chi connectivity index (χ0v) is 8.37. The molecule has 0 radical (unpaired) electrons. The van der Waals surface area contributed by atoms with Crippen LogP contribution in [0.1, 0.15) is 32.1 Å². The molecular formula is C10H20O3. The maximum atomic E-state index is 9.26. The maximum Gasteiger partial charge on any atom is 0.0577 e. The van der Waals surface area contributed by atoms with Gasteiger partial charge >= 0.3 is 0 Å².